The van der Waals surface area contributed by atoms with E-state index in [1.165, 1.54) is 63.4 Å². The van der Waals surface area contributed by atoms with Gasteiger partial charge in [0.1, 0.15) is 16.7 Å². The lowest BCUT2D eigenvalue weighted by molar-refractivity contribution is -0.116. The molecule has 0 aliphatic carbocycles. The predicted octanol–water partition coefficient (Wildman–Crippen LogP) is 6.24. The van der Waals surface area contributed by atoms with Gasteiger partial charge in [-0.2, -0.15) is 0 Å². The van der Waals surface area contributed by atoms with E-state index in [1.807, 2.05) is 30.3 Å². The number of nitrogens with two attached hydrogens (primary N) is 1. The topological polar surface area (TPSA) is 175 Å². The Kier molecular flexibility index (Phi) is 12.5. The van der Waals surface area contributed by atoms with E-state index >= 15 is 0 Å². The molecule has 0 heterocycles. The second-order valence-electron chi connectivity index (χ2n) is 11.3. The van der Waals surface area contributed by atoms with Crippen molar-refractivity contribution in [3.8, 4) is 17.2 Å². The zero-order valence-electron chi connectivity index (χ0n) is 28.9. The molecule has 0 saturated heterocycles. The van der Waals surface area contributed by atoms with Crippen molar-refractivity contribution in [1.29, 1.82) is 0 Å². The quantitative estimate of drug-likeness (QED) is 0.0756. The number of thioether (sulfide) groups is 1. The maximum Gasteiger partial charge on any atom is 0.272 e. The summed E-state index contributed by atoms with van der Waals surface area (Å²) in [5, 5.41) is 12.9. The van der Waals surface area contributed by atoms with Crippen LogP contribution in [0.2, 0.25) is 0 Å². The Labute approximate surface area is 311 Å². The highest BCUT2D eigenvalue weighted by atomic mass is 32.2. The third kappa shape index (κ3) is 10.0. The van der Waals surface area contributed by atoms with Crippen LogP contribution in [0.25, 0.3) is 6.08 Å². The fourth-order valence-electron chi connectivity index (χ4n) is 5.08. The van der Waals surface area contributed by atoms with Gasteiger partial charge in [0, 0.05) is 33.5 Å². The molecule has 0 aromatic heterocycles. The fourth-order valence-corrected chi connectivity index (χ4v) is 6.68. The van der Waals surface area contributed by atoms with Crippen LogP contribution in [0.1, 0.15) is 26.7 Å². The largest absolute Gasteiger partial charge is 0.496 e. The maximum atomic E-state index is 13.9. The number of carbonyl (C=O) groups is 3. The van der Waals surface area contributed by atoms with Gasteiger partial charge in [-0.25, -0.2) is 13.6 Å². The van der Waals surface area contributed by atoms with Gasteiger partial charge >= 0.3 is 0 Å². The number of amides is 3. The van der Waals surface area contributed by atoms with E-state index in [2.05, 4.69) is 16.0 Å². The van der Waals surface area contributed by atoms with Crippen LogP contribution in [0.15, 0.2) is 137 Å². The molecule has 0 saturated carbocycles. The summed E-state index contributed by atoms with van der Waals surface area (Å²) >= 11 is 1.24. The van der Waals surface area contributed by atoms with Gasteiger partial charge < -0.3 is 30.2 Å². The highest BCUT2D eigenvalue weighted by Crippen LogP contribution is 2.38. The summed E-state index contributed by atoms with van der Waals surface area (Å²) in [4.78, 5) is 41.4. The predicted molar refractivity (Wildman–Crippen MR) is 205 cm³/mol. The van der Waals surface area contributed by atoms with Crippen molar-refractivity contribution in [3.05, 3.63) is 144 Å². The number of anilines is 2. The van der Waals surface area contributed by atoms with Gasteiger partial charge in [0.15, 0.2) is 11.5 Å². The first-order valence-corrected chi connectivity index (χ1v) is 18.4. The first-order chi connectivity index (χ1) is 25.5. The molecule has 0 radical (unpaired) electrons. The number of sulfonamides is 1. The smallest absolute Gasteiger partial charge is 0.272 e. The van der Waals surface area contributed by atoms with E-state index < -0.39 is 27.1 Å². The average molecular weight is 753 g/mol. The normalized spacial score (nSPS) is 11.9. The molecule has 0 fully saturated rings. The van der Waals surface area contributed by atoms with Crippen molar-refractivity contribution in [2.45, 2.75) is 15.0 Å². The van der Waals surface area contributed by atoms with Crippen molar-refractivity contribution in [2.24, 2.45) is 5.14 Å². The van der Waals surface area contributed by atoms with Crippen LogP contribution in [0.3, 0.4) is 0 Å². The number of rotatable bonds is 14. The van der Waals surface area contributed by atoms with E-state index in [9.17, 15) is 22.8 Å². The van der Waals surface area contributed by atoms with E-state index in [0.29, 0.717) is 50.2 Å². The summed E-state index contributed by atoms with van der Waals surface area (Å²) in [6.45, 7) is 0. The molecular weight excluding hydrogens is 717 g/mol. The van der Waals surface area contributed by atoms with Gasteiger partial charge in [-0.3, -0.25) is 14.4 Å². The summed E-state index contributed by atoms with van der Waals surface area (Å²) in [7, 11) is 0.543. The van der Waals surface area contributed by atoms with Crippen molar-refractivity contribution < 1.29 is 37.0 Å². The zero-order chi connectivity index (χ0) is 38.0. The van der Waals surface area contributed by atoms with Crippen LogP contribution in [0.4, 0.5) is 11.4 Å². The number of methoxy groups -OCH3 is 3. The number of ether oxygens (including phenoxy) is 3. The molecule has 53 heavy (non-hydrogen) atoms. The van der Waals surface area contributed by atoms with Gasteiger partial charge in [0.2, 0.25) is 15.9 Å². The average Bonchev–Trinajstić information content (AvgIpc) is 3.17. The summed E-state index contributed by atoms with van der Waals surface area (Å²) in [6, 6.07) is 33.3. The van der Waals surface area contributed by atoms with E-state index in [-0.39, 0.29) is 16.5 Å². The molecule has 0 aliphatic heterocycles. The lowest BCUT2D eigenvalue weighted by Crippen LogP contribution is -2.30. The number of nitrogens with one attached hydrogen (secondary N) is 3. The van der Waals surface area contributed by atoms with Gasteiger partial charge in [0.05, 0.1) is 26.2 Å². The van der Waals surface area contributed by atoms with Crippen molar-refractivity contribution in [2.75, 3.05) is 32.0 Å². The molecule has 5 aromatic rings. The number of hydrogen-bond donors (Lipinski definition) is 4. The minimum absolute atomic E-state index is 0.0798. The van der Waals surface area contributed by atoms with Crippen LogP contribution in [-0.4, -0.2) is 47.5 Å². The third-order valence-corrected chi connectivity index (χ3v) is 9.88. The highest BCUT2D eigenvalue weighted by Gasteiger charge is 2.23. The first kappa shape index (κ1) is 38.1. The molecule has 1 atom stereocenters. The Balaban J connectivity index is 1.42. The molecule has 272 valence electrons. The van der Waals surface area contributed by atoms with Crippen molar-refractivity contribution in [1.82, 2.24) is 5.32 Å². The Hall–Kier alpha value is -6.09. The Morgan fingerprint density at radius 2 is 1.32 bits per heavy atom. The Bertz CT molecular complexity index is 2230. The zero-order valence-corrected chi connectivity index (χ0v) is 30.5. The van der Waals surface area contributed by atoms with Crippen molar-refractivity contribution >= 4 is 57.0 Å². The molecule has 5 rings (SSSR count). The molecule has 5 aromatic carbocycles. The highest BCUT2D eigenvalue weighted by molar-refractivity contribution is 8.00. The van der Waals surface area contributed by atoms with Crippen molar-refractivity contribution in [3.63, 3.8) is 0 Å². The van der Waals surface area contributed by atoms with Gasteiger partial charge in [-0.1, -0.05) is 54.6 Å². The van der Waals surface area contributed by atoms with Crippen LogP contribution < -0.4 is 35.3 Å². The number of hydrogen-bond acceptors (Lipinski definition) is 9. The van der Waals surface area contributed by atoms with E-state index in [0.717, 1.165) is 0 Å². The van der Waals surface area contributed by atoms with Crippen LogP contribution >= 0.6 is 11.8 Å². The molecule has 0 spiro atoms. The minimum atomic E-state index is -3.90. The number of benzene rings is 5. The molecule has 3 amide bonds. The lowest BCUT2D eigenvalue weighted by Gasteiger charge is -2.18. The van der Waals surface area contributed by atoms with Gasteiger partial charge in [-0.15, -0.1) is 11.8 Å². The number of primary sulfonamides is 1. The SMILES string of the molecule is COc1cc(OC)c(OC)cc1/C=C(/NC(=O)c1ccccc1)C(=O)Nc1cccc(SC(C(=O)Nc2ccc(S(N)(=O)=O)cc2)c2ccccc2)c1. The minimum Gasteiger partial charge on any atom is -0.496 e. The summed E-state index contributed by atoms with van der Waals surface area (Å²) < 4.78 is 39.8. The van der Waals surface area contributed by atoms with E-state index in [1.54, 1.807) is 66.7 Å². The summed E-state index contributed by atoms with van der Waals surface area (Å²) in [5.74, 6) is -0.337. The fraction of sp³-hybridized carbons (Fsp3) is 0.103. The second-order valence-corrected chi connectivity index (χ2v) is 14.0. The molecular formula is C39H36N4O8S2. The van der Waals surface area contributed by atoms with Crippen LogP contribution in [0, 0.1) is 0 Å². The van der Waals surface area contributed by atoms with Crippen LogP contribution in [0.5, 0.6) is 17.2 Å². The maximum absolute atomic E-state index is 13.9. The molecule has 5 N–H and O–H groups in total. The Morgan fingerprint density at radius 3 is 1.94 bits per heavy atom. The van der Waals surface area contributed by atoms with Crippen LogP contribution in [-0.2, 0) is 19.6 Å². The first-order valence-electron chi connectivity index (χ1n) is 15.9. The molecule has 1 unspecified atom stereocenters. The molecule has 12 nitrogen and oxygen atoms in total. The number of carbonyl (C=O) groups excluding carboxylic acids is 3. The summed E-state index contributed by atoms with van der Waals surface area (Å²) in [6.07, 6.45) is 1.47. The molecule has 14 heteroatoms. The lowest BCUT2D eigenvalue weighted by atomic mass is 10.1. The van der Waals surface area contributed by atoms with Gasteiger partial charge in [0.25, 0.3) is 11.8 Å². The van der Waals surface area contributed by atoms with E-state index in [4.69, 9.17) is 19.3 Å². The Morgan fingerprint density at radius 1 is 0.698 bits per heavy atom. The summed E-state index contributed by atoms with van der Waals surface area (Å²) in [5.41, 5.74) is 2.18. The third-order valence-electron chi connectivity index (χ3n) is 7.70. The standard InChI is InChI=1S/C39H36N4O8S2/c1-49-33-24-35(51-3)34(50-2)22-27(33)21-32(43-37(44)26-13-8-5-9-14-26)38(45)42-29-15-10-16-30(23-29)52-36(25-11-6-4-7-12-25)39(46)41-28-17-19-31(20-18-28)53(40,47)48/h4-24,36H,1-3H3,(H,41,46)(H,42,45)(H,43,44)(H2,40,47,48)/b32-21+. The van der Waals surface area contributed by atoms with Gasteiger partial charge in [-0.05, 0) is 72.3 Å². The molecule has 0 bridgehead atoms. The second kappa shape index (κ2) is 17.4. The monoisotopic (exact) mass is 752 g/mol. The molecule has 0 aliphatic rings.